The van der Waals surface area contributed by atoms with Gasteiger partial charge in [-0.25, -0.2) is 0 Å². The number of hydrogen-bond donors (Lipinski definition) is 1. The number of nitrogens with zero attached hydrogens (tertiary/aromatic N) is 2. The van der Waals surface area contributed by atoms with Gasteiger partial charge in [-0.2, -0.15) is 0 Å². The van der Waals surface area contributed by atoms with Crippen LogP contribution in [0.15, 0.2) is 60.7 Å². The van der Waals surface area contributed by atoms with E-state index in [9.17, 15) is 8.42 Å². The predicted octanol–water partition coefficient (Wildman–Crippen LogP) is -3.42. The van der Waals surface area contributed by atoms with Gasteiger partial charge in [-0.1, -0.05) is 45.0 Å². The zero-order valence-corrected chi connectivity index (χ0v) is 17.0. The molecular formula is C12H11Cl2N3O4SZn. The third-order valence-corrected chi connectivity index (χ3v) is 2.77. The average Bonchev–Trinajstić information content (AvgIpc) is 2.40. The Labute approximate surface area is 159 Å². The van der Waals surface area contributed by atoms with E-state index >= 15 is 0 Å². The molecule has 0 atom stereocenters. The molecule has 0 aromatic heterocycles. The summed E-state index contributed by atoms with van der Waals surface area (Å²) in [5.74, 6) is 0. The first-order valence-electron chi connectivity index (χ1n) is 5.55. The van der Waals surface area contributed by atoms with Crippen molar-refractivity contribution in [1.82, 2.24) is 0 Å². The SMILES string of the molecule is [Cl-].[Cl-].[N-]=[N+]1OS(=O)(=O)O1.[Zn+2].c1ccc(Nc2ccccc2)cc1. The summed E-state index contributed by atoms with van der Waals surface area (Å²) in [6.07, 6.45) is 0. The summed E-state index contributed by atoms with van der Waals surface area (Å²) in [4.78, 5) is 0. The summed E-state index contributed by atoms with van der Waals surface area (Å²) in [5, 5.41) is 3.05. The average molecular weight is 430 g/mol. The summed E-state index contributed by atoms with van der Waals surface area (Å²) < 4.78 is 26.2. The Bertz CT molecular complexity index is 638. The van der Waals surface area contributed by atoms with Crippen LogP contribution in [0.25, 0.3) is 5.53 Å². The van der Waals surface area contributed by atoms with Crippen molar-refractivity contribution in [1.29, 1.82) is 0 Å². The smallest absolute Gasteiger partial charge is 1.00 e. The topological polar surface area (TPSA) is 89.9 Å². The maximum Gasteiger partial charge on any atom is 2.00 e. The number of benzene rings is 2. The molecule has 1 aliphatic rings. The molecule has 1 fully saturated rings. The van der Waals surface area contributed by atoms with Crippen LogP contribution in [0.4, 0.5) is 11.4 Å². The van der Waals surface area contributed by atoms with Gasteiger partial charge in [0.2, 0.25) is 0 Å². The van der Waals surface area contributed by atoms with Crippen molar-refractivity contribution in [2.24, 2.45) is 0 Å². The van der Waals surface area contributed by atoms with Gasteiger partial charge in [-0.15, -0.1) is 8.42 Å². The van der Waals surface area contributed by atoms with E-state index in [1.54, 1.807) is 0 Å². The fourth-order valence-corrected chi connectivity index (χ4v) is 1.69. The van der Waals surface area contributed by atoms with Gasteiger partial charge in [0.15, 0.2) is 5.02 Å². The van der Waals surface area contributed by atoms with E-state index in [1.807, 2.05) is 60.7 Å². The number of halogens is 2. The molecule has 0 saturated carbocycles. The third-order valence-electron chi connectivity index (χ3n) is 2.15. The molecule has 3 rings (SSSR count). The molecule has 0 spiro atoms. The van der Waals surface area contributed by atoms with Crippen LogP contribution in [0.1, 0.15) is 0 Å². The van der Waals surface area contributed by atoms with Crippen molar-refractivity contribution < 1.29 is 66.3 Å². The van der Waals surface area contributed by atoms with Crippen LogP contribution >= 0.6 is 0 Å². The molecule has 1 heterocycles. The van der Waals surface area contributed by atoms with Crippen LogP contribution < -0.4 is 30.1 Å². The molecule has 7 nitrogen and oxygen atoms in total. The van der Waals surface area contributed by atoms with Gasteiger partial charge in [0.05, 0.1) is 0 Å². The van der Waals surface area contributed by atoms with Crippen molar-refractivity contribution >= 4 is 21.8 Å². The molecule has 0 radical (unpaired) electrons. The van der Waals surface area contributed by atoms with Crippen LogP contribution in [-0.2, 0) is 38.4 Å². The molecule has 0 unspecified atom stereocenters. The minimum Gasteiger partial charge on any atom is -1.00 e. The van der Waals surface area contributed by atoms with E-state index in [1.165, 1.54) is 0 Å². The number of para-hydroxylation sites is 2. The van der Waals surface area contributed by atoms with Crippen LogP contribution in [0, 0.1) is 0 Å². The zero-order chi connectivity index (χ0) is 14.4. The van der Waals surface area contributed by atoms with Crippen molar-refractivity contribution in [3.05, 3.63) is 66.2 Å². The summed E-state index contributed by atoms with van der Waals surface area (Å²) in [7, 11) is -3.85. The second-order valence-electron chi connectivity index (χ2n) is 3.65. The molecule has 0 bridgehead atoms. The molecule has 1 N–H and O–H groups in total. The summed E-state index contributed by atoms with van der Waals surface area (Å²) >= 11 is 0. The monoisotopic (exact) mass is 427 g/mol. The first-order valence-corrected chi connectivity index (χ1v) is 6.89. The Morgan fingerprint density at radius 1 is 0.826 bits per heavy atom. The molecule has 1 aliphatic heterocycles. The van der Waals surface area contributed by atoms with Crippen LogP contribution in [0.3, 0.4) is 0 Å². The Morgan fingerprint density at radius 2 is 1.17 bits per heavy atom. The molecule has 2 aromatic rings. The molecule has 0 amide bonds. The number of nitrogens with one attached hydrogen (secondary N) is 1. The molecule has 0 aliphatic carbocycles. The van der Waals surface area contributed by atoms with Crippen LogP contribution in [0.2, 0.25) is 0 Å². The molecule has 120 valence electrons. The Morgan fingerprint density at radius 3 is 1.39 bits per heavy atom. The Kier molecular flexibility index (Phi) is 11.6. The zero-order valence-electron chi connectivity index (χ0n) is 11.7. The molecule has 23 heavy (non-hydrogen) atoms. The fraction of sp³-hybridized carbons (Fsp3) is 0. The molecular weight excluding hydrogens is 419 g/mol. The first-order chi connectivity index (χ1) is 9.55. The van der Waals surface area contributed by atoms with Gasteiger partial charge in [0.25, 0.3) is 0 Å². The standard InChI is InChI=1S/C12H11N.2ClH.N2O4S.Zn/c1-3-7-11(8-4-1)13-12-9-5-2-6-10-12;;;1-2-5-7(3,4)6-2;/h1-10,13H;2*1H;;/q;;;;+2/p-2. The normalized spacial score (nSPS) is 12.8. The minimum absolute atomic E-state index is 0. The Balaban J connectivity index is 0. The van der Waals surface area contributed by atoms with E-state index in [0.717, 1.165) is 11.4 Å². The fourth-order valence-electron chi connectivity index (χ4n) is 1.37. The summed E-state index contributed by atoms with van der Waals surface area (Å²) in [6, 6.07) is 20.3. The van der Waals surface area contributed by atoms with E-state index in [4.69, 9.17) is 5.53 Å². The van der Waals surface area contributed by atoms with E-state index < -0.39 is 10.4 Å². The number of rotatable bonds is 2. The van der Waals surface area contributed by atoms with Gasteiger partial charge in [-0.05, 0) is 24.3 Å². The van der Waals surface area contributed by atoms with E-state index in [-0.39, 0.29) is 49.3 Å². The second kappa shape index (κ2) is 11.2. The van der Waals surface area contributed by atoms with E-state index in [2.05, 4.69) is 13.9 Å². The van der Waals surface area contributed by atoms with Crippen molar-refractivity contribution in [3.63, 3.8) is 0 Å². The molecule has 2 aromatic carbocycles. The van der Waals surface area contributed by atoms with Crippen LogP contribution in [0.5, 0.6) is 0 Å². The molecule has 1 saturated heterocycles. The minimum atomic E-state index is -3.85. The van der Waals surface area contributed by atoms with Crippen molar-refractivity contribution in [2.45, 2.75) is 0 Å². The number of anilines is 2. The maximum absolute atomic E-state index is 9.65. The predicted molar refractivity (Wildman–Crippen MR) is 70.9 cm³/mol. The quantitative estimate of drug-likeness (QED) is 0.502. The summed E-state index contributed by atoms with van der Waals surface area (Å²) in [6.45, 7) is 0. The van der Waals surface area contributed by atoms with Crippen LogP contribution in [-0.4, -0.2) is 13.4 Å². The third kappa shape index (κ3) is 8.71. The largest absolute Gasteiger partial charge is 2.00 e. The van der Waals surface area contributed by atoms with Crippen molar-refractivity contribution in [2.75, 3.05) is 5.32 Å². The van der Waals surface area contributed by atoms with Gasteiger partial charge >= 0.3 is 29.9 Å². The van der Waals surface area contributed by atoms with Crippen molar-refractivity contribution in [3.8, 4) is 0 Å². The molecule has 11 heteroatoms. The second-order valence-corrected chi connectivity index (χ2v) is 4.77. The van der Waals surface area contributed by atoms with Gasteiger partial charge in [0.1, 0.15) is 0 Å². The Hall–Kier alpha value is -1.41. The van der Waals surface area contributed by atoms with E-state index in [0.29, 0.717) is 0 Å². The van der Waals surface area contributed by atoms with Gasteiger partial charge < -0.3 is 35.7 Å². The first kappa shape index (κ1) is 23.9. The summed E-state index contributed by atoms with van der Waals surface area (Å²) in [5.41, 5.74) is 10.0. The van der Waals surface area contributed by atoms with Gasteiger partial charge in [-0.3, -0.25) is 0 Å². The number of hydrogen-bond acceptors (Lipinski definition) is 5. The van der Waals surface area contributed by atoms with Gasteiger partial charge in [0, 0.05) is 11.4 Å². The maximum atomic E-state index is 9.65.